The van der Waals surface area contributed by atoms with Gasteiger partial charge in [-0.2, -0.15) is 13.2 Å². The molecule has 0 fully saturated rings. The summed E-state index contributed by atoms with van der Waals surface area (Å²) in [7, 11) is 0. The first-order valence-corrected chi connectivity index (χ1v) is 6.03. The van der Waals surface area contributed by atoms with Crippen LogP contribution in [-0.4, -0.2) is 47.7 Å². The first kappa shape index (κ1) is 17.0. The largest absolute Gasteiger partial charge is 0.480 e. The fourth-order valence-electron chi connectivity index (χ4n) is 1.74. The van der Waals surface area contributed by atoms with Crippen LogP contribution in [0.25, 0.3) is 0 Å². The number of benzene rings is 1. The Labute approximate surface area is 119 Å². The number of anilines is 1. The average Bonchev–Trinajstić information content (AvgIpc) is 2.24. The Morgan fingerprint density at radius 2 is 1.95 bits per heavy atom. The van der Waals surface area contributed by atoms with Crippen LogP contribution in [0.1, 0.15) is 5.56 Å². The highest BCUT2D eigenvalue weighted by molar-refractivity contribution is 5.92. The number of carbonyl (C=O) groups is 2. The predicted octanol–water partition coefficient (Wildman–Crippen LogP) is 1.88. The normalized spacial score (nSPS) is 11.5. The molecule has 0 aliphatic rings. The lowest BCUT2D eigenvalue weighted by Crippen LogP contribution is -2.42. The third-order valence-corrected chi connectivity index (χ3v) is 2.43. The molecular formula is C13H15F3N2O3. The number of halogens is 3. The Kier molecular flexibility index (Phi) is 5.71. The minimum Gasteiger partial charge on any atom is -0.480 e. The van der Waals surface area contributed by atoms with Crippen LogP contribution in [0.3, 0.4) is 0 Å². The van der Waals surface area contributed by atoms with E-state index in [0.717, 1.165) is 5.56 Å². The Hall–Kier alpha value is -2.09. The molecule has 5 nitrogen and oxygen atoms in total. The molecule has 0 heterocycles. The van der Waals surface area contributed by atoms with E-state index in [1.807, 2.05) is 0 Å². The van der Waals surface area contributed by atoms with Gasteiger partial charge in [0.25, 0.3) is 0 Å². The lowest BCUT2D eigenvalue weighted by molar-refractivity contribution is -0.154. The number of nitrogens with zero attached hydrogens (tertiary/aromatic N) is 1. The number of amides is 1. The van der Waals surface area contributed by atoms with Crippen LogP contribution in [0.2, 0.25) is 0 Å². The van der Waals surface area contributed by atoms with Crippen LogP contribution in [0.5, 0.6) is 0 Å². The number of nitrogens with one attached hydrogen (secondary N) is 1. The van der Waals surface area contributed by atoms with Gasteiger partial charge in [-0.1, -0.05) is 12.1 Å². The molecule has 1 aromatic carbocycles. The van der Waals surface area contributed by atoms with Crippen molar-refractivity contribution in [3.8, 4) is 0 Å². The van der Waals surface area contributed by atoms with Gasteiger partial charge in [-0.25, -0.2) is 0 Å². The zero-order chi connectivity index (χ0) is 16.0. The van der Waals surface area contributed by atoms with Crippen molar-refractivity contribution in [2.75, 3.05) is 25.0 Å². The maximum Gasteiger partial charge on any atom is 0.401 e. The number of carbonyl (C=O) groups excluding carboxylic acids is 1. The standard InChI is InChI=1S/C13H15F3N2O3/c1-9-3-2-4-10(5-9)17-11(19)6-18(7-12(20)21)8-13(14,15)16/h2-5H,6-8H2,1H3,(H,17,19)(H,20,21). The van der Waals surface area contributed by atoms with Gasteiger partial charge in [-0.15, -0.1) is 0 Å². The van der Waals surface area contributed by atoms with Gasteiger partial charge < -0.3 is 10.4 Å². The van der Waals surface area contributed by atoms with Crippen LogP contribution in [0.15, 0.2) is 24.3 Å². The van der Waals surface area contributed by atoms with Gasteiger partial charge in [0.15, 0.2) is 0 Å². The van der Waals surface area contributed by atoms with Crippen molar-refractivity contribution < 1.29 is 27.9 Å². The molecule has 0 saturated carbocycles. The molecule has 2 N–H and O–H groups in total. The smallest absolute Gasteiger partial charge is 0.401 e. The van der Waals surface area contributed by atoms with E-state index in [-0.39, 0.29) is 0 Å². The van der Waals surface area contributed by atoms with Crippen LogP contribution in [-0.2, 0) is 9.59 Å². The molecule has 0 unspecified atom stereocenters. The predicted molar refractivity (Wildman–Crippen MR) is 69.9 cm³/mol. The van der Waals surface area contributed by atoms with Crippen molar-refractivity contribution >= 4 is 17.6 Å². The quantitative estimate of drug-likeness (QED) is 0.842. The molecule has 0 aliphatic heterocycles. The minimum atomic E-state index is -4.57. The highest BCUT2D eigenvalue weighted by Gasteiger charge is 2.32. The Morgan fingerprint density at radius 1 is 1.29 bits per heavy atom. The molecule has 0 aromatic heterocycles. The molecule has 1 aromatic rings. The monoisotopic (exact) mass is 304 g/mol. The summed E-state index contributed by atoms with van der Waals surface area (Å²) in [5.74, 6) is -2.13. The molecule has 0 saturated heterocycles. The number of aryl methyl sites for hydroxylation is 1. The summed E-state index contributed by atoms with van der Waals surface area (Å²) in [4.78, 5) is 22.7. The molecule has 116 valence electrons. The molecular weight excluding hydrogens is 289 g/mol. The summed E-state index contributed by atoms with van der Waals surface area (Å²) in [6.45, 7) is -1.17. The van der Waals surface area contributed by atoms with E-state index < -0.39 is 37.7 Å². The molecule has 8 heteroatoms. The van der Waals surface area contributed by atoms with Gasteiger partial charge in [0, 0.05) is 5.69 Å². The van der Waals surface area contributed by atoms with Gasteiger partial charge in [0.2, 0.25) is 5.91 Å². The Balaban J connectivity index is 2.65. The molecule has 21 heavy (non-hydrogen) atoms. The van der Waals surface area contributed by atoms with Crippen molar-refractivity contribution in [1.29, 1.82) is 0 Å². The van der Waals surface area contributed by atoms with Crippen molar-refractivity contribution in [2.45, 2.75) is 13.1 Å². The van der Waals surface area contributed by atoms with Crippen molar-refractivity contribution in [3.05, 3.63) is 29.8 Å². The van der Waals surface area contributed by atoms with Gasteiger partial charge in [0.1, 0.15) is 0 Å². The SMILES string of the molecule is Cc1cccc(NC(=O)CN(CC(=O)O)CC(F)(F)F)c1. The van der Waals surface area contributed by atoms with Crippen molar-refractivity contribution in [1.82, 2.24) is 4.90 Å². The summed E-state index contributed by atoms with van der Waals surface area (Å²) < 4.78 is 37.0. The number of rotatable bonds is 6. The first-order valence-electron chi connectivity index (χ1n) is 6.03. The maximum absolute atomic E-state index is 12.3. The summed E-state index contributed by atoms with van der Waals surface area (Å²) in [5, 5.41) is 11.0. The van der Waals surface area contributed by atoms with Crippen LogP contribution in [0, 0.1) is 6.92 Å². The third-order valence-electron chi connectivity index (χ3n) is 2.43. The molecule has 0 spiro atoms. The van der Waals surface area contributed by atoms with Gasteiger partial charge in [-0.05, 0) is 24.6 Å². The second-order valence-electron chi connectivity index (χ2n) is 4.57. The first-order chi connectivity index (χ1) is 9.65. The van der Waals surface area contributed by atoms with Crippen LogP contribution < -0.4 is 5.32 Å². The molecule has 0 aliphatic carbocycles. The number of carboxylic acid groups (broad SMARTS) is 1. The van der Waals surface area contributed by atoms with Crippen molar-refractivity contribution in [2.24, 2.45) is 0 Å². The lowest BCUT2D eigenvalue weighted by atomic mass is 10.2. The van der Waals surface area contributed by atoms with Crippen molar-refractivity contribution in [3.63, 3.8) is 0 Å². The van der Waals surface area contributed by atoms with E-state index in [4.69, 9.17) is 5.11 Å². The Bertz CT molecular complexity index is 518. The number of carboxylic acids is 1. The molecule has 0 bridgehead atoms. The molecule has 1 amide bonds. The van der Waals surface area contributed by atoms with Gasteiger partial charge in [0.05, 0.1) is 19.6 Å². The third kappa shape index (κ3) is 7.31. The minimum absolute atomic E-state index is 0.447. The van der Waals surface area contributed by atoms with Gasteiger partial charge >= 0.3 is 12.1 Å². The van der Waals surface area contributed by atoms with Crippen LogP contribution >= 0.6 is 0 Å². The van der Waals surface area contributed by atoms with E-state index in [1.165, 1.54) is 0 Å². The second-order valence-corrected chi connectivity index (χ2v) is 4.57. The Morgan fingerprint density at radius 3 is 2.48 bits per heavy atom. The molecule has 1 rings (SSSR count). The topological polar surface area (TPSA) is 69.6 Å². The number of hydrogen-bond acceptors (Lipinski definition) is 3. The summed E-state index contributed by atoms with van der Waals surface area (Å²) in [5.41, 5.74) is 1.33. The fourth-order valence-corrected chi connectivity index (χ4v) is 1.74. The molecule has 0 radical (unpaired) electrons. The van der Waals surface area contributed by atoms with E-state index in [2.05, 4.69) is 5.32 Å². The highest BCUT2D eigenvalue weighted by Crippen LogP contribution is 2.16. The maximum atomic E-state index is 12.3. The molecule has 0 atom stereocenters. The van der Waals surface area contributed by atoms with E-state index in [0.29, 0.717) is 10.6 Å². The summed E-state index contributed by atoms with van der Waals surface area (Å²) in [6.07, 6.45) is -4.57. The summed E-state index contributed by atoms with van der Waals surface area (Å²) >= 11 is 0. The highest BCUT2D eigenvalue weighted by atomic mass is 19.4. The number of hydrogen-bond donors (Lipinski definition) is 2. The second kappa shape index (κ2) is 7.07. The zero-order valence-corrected chi connectivity index (χ0v) is 11.3. The van der Waals surface area contributed by atoms with Crippen LogP contribution in [0.4, 0.5) is 18.9 Å². The van der Waals surface area contributed by atoms with E-state index >= 15 is 0 Å². The number of aliphatic carboxylic acids is 1. The fraction of sp³-hybridized carbons (Fsp3) is 0.385. The van der Waals surface area contributed by atoms with E-state index in [9.17, 15) is 22.8 Å². The average molecular weight is 304 g/mol. The summed E-state index contributed by atoms with van der Waals surface area (Å²) in [6, 6.07) is 6.74. The zero-order valence-electron chi connectivity index (χ0n) is 11.3. The number of alkyl halides is 3. The lowest BCUT2D eigenvalue weighted by Gasteiger charge is -2.21. The van der Waals surface area contributed by atoms with E-state index in [1.54, 1.807) is 31.2 Å². The van der Waals surface area contributed by atoms with Gasteiger partial charge in [-0.3, -0.25) is 14.5 Å².